The Labute approximate surface area is 139 Å². The summed E-state index contributed by atoms with van der Waals surface area (Å²) in [6.07, 6.45) is 0.125. The van der Waals surface area contributed by atoms with Gasteiger partial charge in [0.05, 0.1) is 10.9 Å². The Kier molecular flexibility index (Phi) is 4.21. The van der Waals surface area contributed by atoms with Crippen molar-refractivity contribution in [1.82, 2.24) is 0 Å². The number of hydrogen-bond donors (Lipinski definition) is 1. The van der Waals surface area contributed by atoms with Gasteiger partial charge in [-0.05, 0) is 31.5 Å². The lowest BCUT2D eigenvalue weighted by Crippen LogP contribution is -2.16. The molecular weight excluding hydrogens is 304 g/mol. The summed E-state index contributed by atoms with van der Waals surface area (Å²) in [5.74, 6) is -0.711. The molecule has 1 atom stereocenters. The number of aromatic hydroxyl groups is 1. The average molecular weight is 322 g/mol. The zero-order chi connectivity index (χ0) is 17.3. The fourth-order valence-electron chi connectivity index (χ4n) is 2.98. The van der Waals surface area contributed by atoms with E-state index in [1.165, 1.54) is 6.92 Å². The van der Waals surface area contributed by atoms with Crippen LogP contribution in [0, 0.1) is 6.92 Å². The molecule has 122 valence electrons. The largest absolute Gasteiger partial charge is 0.507 e. The quantitative estimate of drug-likeness (QED) is 0.739. The van der Waals surface area contributed by atoms with E-state index < -0.39 is 11.5 Å². The zero-order valence-electron chi connectivity index (χ0n) is 13.6. The van der Waals surface area contributed by atoms with Gasteiger partial charge in [-0.1, -0.05) is 42.0 Å². The van der Waals surface area contributed by atoms with Crippen molar-refractivity contribution in [2.24, 2.45) is 0 Å². The third-order valence-corrected chi connectivity index (χ3v) is 4.11. The normalized spacial score (nSPS) is 12.2. The number of rotatable bonds is 4. The van der Waals surface area contributed by atoms with Crippen LogP contribution in [0.4, 0.5) is 0 Å². The van der Waals surface area contributed by atoms with E-state index in [-0.39, 0.29) is 23.5 Å². The lowest BCUT2D eigenvalue weighted by molar-refractivity contribution is -0.117. The van der Waals surface area contributed by atoms with Gasteiger partial charge >= 0.3 is 5.63 Å². The highest BCUT2D eigenvalue weighted by Crippen LogP contribution is 2.36. The van der Waals surface area contributed by atoms with E-state index in [1.54, 1.807) is 12.1 Å². The number of fused-ring (bicyclic) bond motifs is 1. The van der Waals surface area contributed by atoms with Crippen molar-refractivity contribution in [2.75, 3.05) is 0 Å². The summed E-state index contributed by atoms with van der Waals surface area (Å²) >= 11 is 0. The van der Waals surface area contributed by atoms with Gasteiger partial charge in [0.1, 0.15) is 17.1 Å². The third-order valence-electron chi connectivity index (χ3n) is 4.11. The predicted octanol–water partition coefficient (Wildman–Crippen LogP) is 3.92. The first-order chi connectivity index (χ1) is 11.5. The molecule has 3 aromatic rings. The first kappa shape index (κ1) is 16.0. The average Bonchev–Trinajstić information content (AvgIpc) is 2.55. The summed E-state index contributed by atoms with van der Waals surface area (Å²) in [5.41, 5.74) is 1.60. The molecule has 1 heterocycles. The highest BCUT2D eigenvalue weighted by Gasteiger charge is 2.25. The summed E-state index contributed by atoms with van der Waals surface area (Å²) < 4.78 is 5.39. The Morgan fingerprint density at radius 1 is 1.17 bits per heavy atom. The van der Waals surface area contributed by atoms with E-state index in [0.29, 0.717) is 11.0 Å². The van der Waals surface area contributed by atoms with Crippen LogP contribution in [0.1, 0.15) is 36.0 Å². The van der Waals surface area contributed by atoms with E-state index in [0.717, 1.165) is 11.1 Å². The van der Waals surface area contributed by atoms with Crippen LogP contribution >= 0.6 is 0 Å². The summed E-state index contributed by atoms with van der Waals surface area (Å²) in [7, 11) is 0. The molecule has 0 fully saturated rings. The Hall–Kier alpha value is -2.88. The van der Waals surface area contributed by atoms with Crippen molar-refractivity contribution in [2.45, 2.75) is 26.2 Å². The van der Waals surface area contributed by atoms with Crippen molar-refractivity contribution < 1.29 is 14.3 Å². The van der Waals surface area contributed by atoms with Gasteiger partial charge in [0, 0.05) is 12.3 Å². The first-order valence-corrected chi connectivity index (χ1v) is 7.78. The SMILES string of the molecule is CC(=O)CC(c1ccccc1)c1c(O)c2cc(C)ccc2oc1=O. The number of Topliss-reactive ketones (excluding diaryl/α,β-unsaturated/α-hetero) is 1. The minimum atomic E-state index is -0.612. The van der Waals surface area contributed by atoms with Crippen LogP contribution in [-0.2, 0) is 4.79 Å². The maximum atomic E-state index is 12.5. The van der Waals surface area contributed by atoms with Crippen LogP contribution in [0.15, 0.2) is 57.7 Å². The molecule has 24 heavy (non-hydrogen) atoms. The number of ketones is 1. The summed E-state index contributed by atoms with van der Waals surface area (Å²) in [4.78, 5) is 24.2. The maximum absolute atomic E-state index is 12.5. The fraction of sp³-hybridized carbons (Fsp3) is 0.200. The summed E-state index contributed by atoms with van der Waals surface area (Å²) in [5, 5.41) is 11.2. The molecule has 3 rings (SSSR count). The lowest BCUT2D eigenvalue weighted by atomic mass is 9.87. The summed E-state index contributed by atoms with van der Waals surface area (Å²) in [6.45, 7) is 3.37. The lowest BCUT2D eigenvalue weighted by Gasteiger charge is -2.17. The molecule has 0 saturated heterocycles. The summed E-state index contributed by atoms with van der Waals surface area (Å²) in [6, 6.07) is 14.5. The Bertz CT molecular complexity index is 955. The van der Waals surface area contributed by atoms with E-state index >= 15 is 0 Å². The second kappa shape index (κ2) is 6.32. The molecule has 1 N–H and O–H groups in total. The maximum Gasteiger partial charge on any atom is 0.343 e. The Balaban J connectivity index is 2.28. The third kappa shape index (κ3) is 2.95. The molecular formula is C20H18O4. The molecule has 0 bridgehead atoms. The highest BCUT2D eigenvalue weighted by atomic mass is 16.4. The van der Waals surface area contributed by atoms with E-state index in [2.05, 4.69) is 0 Å². The van der Waals surface area contributed by atoms with Crippen LogP contribution < -0.4 is 5.63 Å². The van der Waals surface area contributed by atoms with Crippen LogP contribution in [0.25, 0.3) is 11.0 Å². The molecule has 4 heteroatoms. The van der Waals surface area contributed by atoms with Crippen LogP contribution in [0.3, 0.4) is 0 Å². The standard InChI is InChI=1S/C20H18O4/c1-12-8-9-17-16(10-12)19(22)18(20(23)24-17)15(11-13(2)21)14-6-4-3-5-7-14/h3-10,15,22H,11H2,1-2H3. The van der Waals surface area contributed by atoms with Crippen LogP contribution in [-0.4, -0.2) is 10.9 Å². The van der Waals surface area contributed by atoms with Gasteiger partial charge in [-0.25, -0.2) is 4.79 Å². The molecule has 1 aromatic heterocycles. The zero-order valence-corrected chi connectivity index (χ0v) is 13.6. The first-order valence-electron chi connectivity index (χ1n) is 7.78. The molecule has 0 aliphatic carbocycles. The molecule has 0 aliphatic rings. The molecule has 2 aromatic carbocycles. The van der Waals surface area contributed by atoms with Crippen molar-refractivity contribution >= 4 is 16.8 Å². The molecule has 0 saturated carbocycles. The topological polar surface area (TPSA) is 67.5 Å². The monoisotopic (exact) mass is 322 g/mol. The predicted molar refractivity (Wildman–Crippen MR) is 92.5 cm³/mol. The van der Waals surface area contributed by atoms with Gasteiger partial charge in [-0.3, -0.25) is 4.79 Å². The van der Waals surface area contributed by atoms with Gasteiger partial charge in [0.2, 0.25) is 0 Å². The van der Waals surface area contributed by atoms with E-state index in [9.17, 15) is 14.7 Å². The number of hydrogen-bond acceptors (Lipinski definition) is 4. The fourth-order valence-corrected chi connectivity index (χ4v) is 2.98. The Morgan fingerprint density at radius 3 is 2.54 bits per heavy atom. The smallest absolute Gasteiger partial charge is 0.343 e. The van der Waals surface area contributed by atoms with Crippen molar-refractivity contribution in [3.05, 3.63) is 75.6 Å². The van der Waals surface area contributed by atoms with Crippen molar-refractivity contribution in [3.63, 3.8) is 0 Å². The van der Waals surface area contributed by atoms with Crippen LogP contribution in [0.5, 0.6) is 5.75 Å². The van der Waals surface area contributed by atoms with Gasteiger partial charge in [0.25, 0.3) is 0 Å². The van der Waals surface area contributed by atoms with Crippen molar-refractivity contribution in [1.29, 1.82) is 0 Å². The molecule has 0 radical (unpaired) electrons. The number of benzene rings is 2. The second-order valence-corrected chi connectivity index (χ2v) is 6.02. The van der Waals surface area contributed by atoms with Crippen LogP contribution in [0.2, 0.25) is 0 Å². The number of aryl methyl sites for hydroxylation is 1. The second-order valence-electron chi connectivity index (χ2n) is 6.02. The van der Waals surface area contributed by atoms with Gasteiger partial charge < -0.3 is 9.52 Å². The number of carbonyl (C=O) groups excluding carboxylic acids is 1. The molecule has 0 spiro atoms. The molecule has 4 nitrogen and oxygen atoms in total. The molecule has 0 amide bonds. The van der Waals surface area contributed by atoms with E-state index in [4.69, 9.17) is 4.42 Å². The van der Waals surface area contributed by atoms with Gasteiger partial charge in [-0.15, -0.1) is 0 Å². The van der Waals surface area contributed by atoms with Crippen molar-refractivity contribution in [3.8, 4) is 5.75 Å². The van der Waals surface area contributed by atoms with E-state index in [1.807, 2.05) is 43.3 Å². The minimum Gasteiger partial charge on any atom is -0.507 e. The minimum absolute atomic E-state index is 0.0630. The number of carbonyl (C=O) groups is 1. The van der Waals surface area contributed by atoms with Gasteiger partial charge in [-0.2, -0.15) is 0 Å². The molecule has 0 aliphatic heterocycles. The molecule has 1 unspecified atom stereocenters. The highest BCUT2D eigenvalue weighted by molar-refractivity contribution is 5.85. The van der Waals surface area contributed by atoms with Gasteiger partial charge in [0.15, 0.2) is 0 Å². The Morgan fingerprint density at radius 2 is 1.88 bits per heavy atom.